The molecule has 0 spiro atoms. The maximum Gasteiger partial charge on any atom is 0.253 e. The smallest absolute Gasteiger partial charge is 0.253 e. The number of amides is 2. The van der Waals surface area contributed by atoms with Gasteiger partial charge in [-0.15, -0.1) is 12.4 Å². The number of piperazine rings is 1. The van der Waals surface area contributed by atoms with Gasteiger partial charge in [0.15, 0.2) is 0 Å². The number of nitrogens with one attached hydrogen (secondary N) is 1. The molecule has 0 radical (unpaired) electrons. The van der Waals surface area contributed by atoms with Crippen molar-refractivity contribution < 1.29 is 9.59 Å². The van der Waals surface area contributed by atoms with E-state index in [9.17, 15) is 9.59 Å². The maximum absolute atomic E-state index is 13.0. The van der Waals surface area contributed by atoms with Crippen molar-refractivity contribution in [3.8, 4) is 0 Å². The first kappa shape index (κ1) is 18.7. The van der Waals surface area contributed by atoms with E-state index in [0.29, 0.717) is 13.1 Å². The number of piperidine rings is 1. The van der Waals surface area contributed by atoms with Crippen LogP contribution in [0.3, 0.4) is 0 Å². The van der Waals surface area contributed by atoms with E-state index in [1.54, 1.807) is 0 Å². The Kier molecular flexibility index (Phi) is 5.79. The van der Waals surface area contributed by atoms with Gasteiger partial charge in [0.2, 0.25) is 5.91 Å². The fraction of sp³-hybridized carbons (Fsp3) is 0.400. The van der Waals surface area contributed by atoms with Crippen LogP contribution >= 0.6 is 12.4 Å². The molecule has 5 nitrogen and oxygen atoms in total. The largest absolute Gasteiger partial charge is 0.337 e. The summed E-state index contributed by atoms with van der Waals surface area (Å²) >= 11 is 0. The van der Waals surface area contributed by atoms with Crippen molar-refractivity contribution in [1.29, 1.82) is 0 Å². The molecule has 6 heteroatoms. The minimum absolute atomic E-state index is 0. The summed E-state index contributed by atoms with van der Waals surface area (Å²) in [6.45, 7) is 3.39. The minimum atomic E-state index is 0. The lowest BCUT2D eigenvalue weighted by atomic mass is 10.0. The van der Waals surface area contributed by atoms with Gasteiger partial charge in [-0.2, -0.15) is 0 Å². The molecule has 2 heterocycles. The van der Waals surface area contributed by atoms with Crippen LogP contribution in [0.25, 0.3) is 10.8 Å². The molecule has 138 valence electrons. The highest BCUT2D eigenvalue weighted by Crippen LogP contribution is 2.21. The third kappa shape index (κ3) is 3.69. The predicted molar refractivity (Wildman–Crippen MR) is 105 cm³/mol. The average molecular weight is 374 g/mol. The average Bonchev–Trinajstić information content (AvgIpc) is 2.67. The minimum Gasteiger partial charge on any atom is -0.337 e. The van der Waals surface area contributed by atoms with Gasteiger partial charge in [-0.25, -0.2) is 0 Å². The van der Waals surface area contributed by atoms with E-state index in [4.69, 9.17) is 0 Å². The Bertz CT molecular complexity index is 810. The second-order valence-corrected chi connectivity index (χ2v) is 6.87. The van der Waals surface area contributed by atoms with Gasteiger partial charge < -0.3 is 15.1 Å². The Morgan fingerprint density at radius 2 is 1.88 bits per heavy atom. The molecule has 4 rings (SSSR count). The van der Waals surface area contributed by atoms with Crippen molar-refractivity contribution >= 4 is 35.0 Å². The van der Waals surface area contributed by atoms with Crippen LogP contribution in [-0.4, -0.2) is 60.4 Å². The first-order valence-corrected chi connectivity index (χ1v) is 9.00. The fourth-order valence-corrected chi connectivity index (χ4v) is 3.91. The Balaban J connectivity index is 0.00000196. The molecule has 0 bridgehead atoms. The van der Waals surface area contributed by atoms with Gasteiger partial charge in [0.1, 0.15) is 0 Å². The van der Waals surface area contributed by atoms with Gasteiger partial charge >= 0.3 is 0 Å². The molecule has 1 N–H and O–H groups in total. The molecule has 2 aliphatic heterocycles. The van der Waals surface area contributed by atoms with E-state index < -0.39 is 0 Å². The van der Waals surface area contributed by atoms with Gasteiger partial charge in [0.25, 0.3) is 5.91 Å². The van der Waals surface area contributed by atoms with E-state index >= 15 is 0 Å². The summed E-state index contributed by atoms with van der Waals surface area (Å²) in [6.07, 6.45) is 1.93. The standard InChI is InChI=1S/C20H23N3O2.ClH/c24-19-13-21-9-11-23(19)18-6-3-10-22(14-18)20(25)17-8-7-15-4-1-2-5-16(15)12-17;/h1-2,4-5,7-8,12,18,21H,3,6,9-11,13-14H2;1H. The number of fused-ring (bicyclic) bond motifs is 1. The van der Waals surface area contributed by atoms with Crippen molar-refractivity contribution in [1.82, 2.24) is 15.1 Å². The van der Waals surface area contributed by atoms with Crippen LogP contribution < -0.4 is 5.32 Å². The van der Waals surface area contributed by atoms with Crippen LogP contribution in [0.1, 0.15) is 23.2 Å². The maximum atomic E-state index is 13.0. The first-order chi connectivity index (χ1) is 12.2. The van der Waals surface area contributed by atoms with Crippen molar-refractivity contribution in [3.05, 3.63) is 48.0 Å². The lowest BCUT2D eigenvalue weighted by molar-refractivity contribution is -0.135. The number of hydrogen-bond acceptors (Lipinski definition) is 3. The number of rotatable bonds is 2. The van der Waals surface area contributed by atoms with Crippen LogP contribution in [0, 0.1) is 0 Å². The number of carbonyl (C=O) groups is 2. The summed E-state index contributed by atoms with van der Waals surface area (Å²) in [5.41, 5.74) is 0.728. The molecule has 2 fully saturated rings. The Labute approximate surface area is 159 Å². The Morgan fingerprint density at radius 1 is 1.08 bits per heavy atom. The molecule has 2 aromatic carbocycles. The lowest BCUT2D eigenvalue weighted by Crippen LogP contribution is -2.57. The van der Waals surface area contributed by atoms with Gasteiger partial charge in [-0.05, 0) is 35.7 Å². The predicted octanol–water partition coefficient (Wildman–Crippen LogP) is 2.30. The van der Waals surface area contributed by atoms with Crippen LogP contribution in [0.2, 0.25) is 0 Å². The molecule has 2 amide bonds. The summed E-state index contributed by atoms with van der Waals surface area (Å²) in [6, 6.07) is 14.1. The molecule has 2 aromatic rings. The molecule has 26 heavy (non-hydrogen) atoms. The lowest BCUT2D eigenvalue weighted by Gasteiger charge is -2.41. The SMILES string of the molecule is Cl.O=C(c1ccc2ccccc2c1)N1CCCC(N2CCNCC2=O)C1. The quantitative estimate of drug-likeness (QED) is 0.878. The molecular weight excluding hydrogens is 350 g/mol. The first-order valence-electron chi connectivity index (χ1n) is 9.00. The monoisotopic (exact) mass is 373 g/mol. The highest BCUT2D eigenvalue weighted by molar-refractivity contribution is 5.98. The topological polar surface area (TPSA) is 52.7 Å². The number of carbonyl (C=O) groups excluding carboxylic acids is 2. The zero-order chi connectivity index (χ0) is 17.2. The summed E-state index contributed by atoms with van der Waals surface area (Å²) in [4.78, 5) is 29.0. The highest BCUT2D eigenvalue weighted by atomic mass is 35.5. The summed E-state index contributed by atoms with van der Waals surface area (Å²) in [5.74, 6) is 0.217. The normalized spacial score (nSPS) is 20.8. The van der Waals surface area contributed by atoms with Crippen LogP contribution in [0.5, 0.6) is 0 Å². The van der Waals surface area contributed by atoms with Crippen LogP contribution in [0.15, 0.2) is 42.5 Å². The highest BCUT2D eigenvalue weighted by Gasteiger charge is 2.31. The van der Waals surface area contributed by atoms with E-state index in [1.165, 1.54) is 0 Å². The van der Waals surface area contributed by atoms with Crippen molar-refractivity contribution in [2.75, 3.05) is 32.7 Å². The van der Waals surface area contributed by atoms with E-state index in [0.717, 1.165) is 48.8 Å². The number of nitrogens with zero attached hydrogens (tertiary/aromatic N) is 2. The van der Waals surface area contributed by atoms with Crippen molar-refractivity contribution in [2.24, 2.45) is 0 Å². The van der Waals surface area contributed by atoms with Gasteiger partial charge in [0, 0.05) is 37.8 Å². The van der Waals surface area contributed by atoms with Crippen LogP contribution in [-0.2, 0) is 4.79 Å². The second-order valence-electron chi connectivity index (χ2n) is 6.87. The zero-order valence-corrected chi connectivity index (χ0v) is 15.5. The molecule has 0 aromatic heterocycles. The molecule has 0 saturated carbocycles. The summed E-state index contributed by atoms with van der Waals surface area (Å²) < 4.78 is 0. The van der Waals surface area contributed by atoms with Gasteiger partial charge in [-0.1, -0.05) is 30.3 Å². The molecular formula is C20H24ClN3O2. The zero-order valence-electron chi connectivity index (χ0n) is 14.7. The van der Waals surface area contributed by atoms with E-state index in [2.05, 4.69) is 11.4 Å². The number of hydrogen-bond donors (Lipinski definition) is 1. The van der Waals surface area contributed by atoms with Gasteiger partial charge in [0.05, 0.1) is 6.54 Å². The number of halogens is 1. The number of benzene rings is 2. The Morgan fingerprint density at radius 3 is 2.69 bits per heavy atom. The third-order valence-electron chi connectivity index (χ3n) is 5.25. The summed E-state index contributed by atoms with van der Waals surface area (Å²) in [7, 11) is 0. The van der Waals surface area contributed by atoms with E-state index in [1.807, 2.05) is 46.2 Å². The molecule has 2 saturated heterocycles. The third-order valence-corrected chi connectivity index (χ3v) is 5.25. The van der Waals surface area contributed by atoms with Gasteiger partial charge in [-0.3, -0.25) is 9.59 Å². The molecule has 2 aliphatic rings. The molecule has 0 aliphatic carbocycles. The van der Waals surface area contributed by atoms with Crippen molar-refractivity contribution in [3.63, 3.8) is 0 Å². The Hall–Kier alpha value is -2.11. The van der Waals surface area contributed by atoms with E-state index in [-0.39, 0.29) is 30.3 Å². The molecule has 1 unspecified atom stereocenters. The second kappa shape index (κ2) is 8.06. The fourth-order valence-electron chi connectivity index (χ4n) is 3.91. The summed E-state index contributed by atoms with van der Waals surface area (Å²) in [5, 5.41) is 5.33. The van der Waals surface area contributed by atoms with Crippen LogP contribution in [0.4, 0.5) is 0 Å². The van der Waals surface area contributed by atoms with Crippen molar-refractivity contribution in [2.45, 2.75) is 18.9 Å². The number of likely N-dealkylation sites (tertiary alicyclic amines) is 1. The molecule has 1 atom stereocenters.